The van der Waals surface area contributed by atoms with E-state index in [1.807, 2.05) is 0 Å². The van der Waals surface area contributed by atoms with Crippen molar-refractivity contribution in [3.8, 4) is 0 Å². The summed E-state index contributed by atoms with van der Waals surface area (Å²) in [5.41, 5.74) is 0.182. The molecule has 0 amide bonds. The average molecular weight is 477 g/mol. The summed E-state index contributed by atoms with van der Waals surface area (Å²) in [4.78, 5) is 0. The lowest BCUT2D eigenvalue weighted by atomic mass is 9.35. The molecule has 0 spiro atoms. The van der Waals surface area contributed by atoms with Crippen molar-refractivity contribution in [1.82, 2.24) is 0 Å². The monoisotopic (exact) mass is 476 g/mol. The molecule has 0 saturated heterocycles. The molecule has 0 aliphatic heterocycles. The van der Waals surface area contributed by atoms with Crippen molar-refractivity contribution in [3.63, 3.8) is 0 Å². The van der Waals surface area contributed by atoms with E-state index in [4.69, 9.17) is 0 Å². The first-order valence-corrected chi connectivity index (χ1v) is 14.1. The van der Waals surface area contributed by atoms with E-state index in [9.17, 15) is 20.4 Å². The van der Waals surface area contributed by atoms with Crippen LogP contribution in [0.25, 0.3) is 0 Å². The molecule has 4 N–H and O–H groups in total. The van der Waals surface area contributed by atoms with E-state index in [2.05, 4.69) is 47.6 Å². The van der Waals surface area contributed by atoms with Gasteiger partial charge >= 0.3 is 0 Å². The first kappa shape index (κ1) is 26.6. The standard InChI is InChI=1S/C30H52O4/c1-20(2)8-7-14-30(34,19-32)22-11-15-27(5)21(22)9-10-24-28(27,6)16-12-23-26(3,4)25(33)13-17-29(23,24)18-31/h8,21-25,31-34H,7,9-19H2,1-6H3. The van der Waals surface area contributed by atoms with Gasteiger partial charge in [-0.3, -0.25) is 0 Å². The van der Waals surface area contributed by atoms with E-state index in [1.54, 1.807) is 0 Å². The molecule has 9 atom stereocenters. The van der Waals surface area contributed by atoms with Crippen LogP contribution in [0.5, 0.6) is 0 Å². The molecule has 4 aliphatic carbocycles. The molecule has 9 unspecified atom stereocenters. The minimum absolute atomic E-state index is 0.105. The van der Waals surface area contributed by atoms with Crippen LogP contribution in [0.1, 0.15) is 106 Å². The summed E-state index contributed by atoms with van der Waals surface area (Å²) in [6, 6.07) is 0. The third-order valence-corrected chi connectivity index (χ3v) is 12.5. The number of fused-ring (bicyclic) bond motifs is 5. The van der Waals surface area contributed by atoms with Gasteiger partial charge < -0.3 is 20.4 Å². The van der Waals surface area contributed by atoms with Crippen LogP contribution >= 0.6 is 0 Å². The van der Waals surface area contributed by atoms with Crippen LogP contribution in [-0.4, -0.2) is 45.3 Å². The fourth-order valence-corrected chi connectivity index (χ4v) is 10.3. The van der Waals surface area contributed by atoms with Gasteiger partial charge in [0.25, 0.3) is 0 Å². The van der Waals surface area contributed by atoms with Crippen LogP contribution in [0, 0.1) is 45.3 Å². The van der Waals surface area contributed by atoms with Gasteiger partial charge in [0.15, 0.2) is 0 Å². The molecule has 4 heteroatoms. The highest BCUT2D eigenvalue weighted by Crippen LogP contribution is 2.75. The second-order valence-electron chi connectivity index (χ2n) is 14.2. The fraction of sp³-hybridized carbons (Fsp3) is 0.933. The van der Waals surface area contributed by atoms with Gasteiger partial charge in [-0.1, -0.05) is 39.3 Å². The summed E-state index contributed by atoms with van der Waals surface area (Å²) in [5, 5.41) is 43.9. The molecule has 0 bridgehead atoms. The van der Waals surface area contributed by atoms with E-state index in [0.29, 0.717) is 24.2 Å². The van der Waals surface area contributed by atoms with Crippen molar-refractivity contribution in [2.24, 2.45) is 45.3 Å². The van der Waals surface area contributed by atoms with E-state index < -0.39 is 5.60 Å². The maximum absolute atomic E-state index is 11.7. The molecular weight excluding hydrogens is 424 g/mol. The second-order valence-corrected chi connectivity index (χ2v) is 14.2. The van der Waals surface area contributed by atoms with Gasteiger partial charge in [0.1, 0.15) is 0 Å². The highest BCUT2D eigenvalue weighted by molar-refractivity contribution is 5.19. The van der Waals surface area contributed by atoms with Gasteiger partial charge in [-0.15, -0.1) is 0 Å². The predicted molar refractivity (Wildman–Crippen MR) is 137 cm³/mol. The summed E-state index contributed by atoms with van der Waals surface area (Å²) in [5.74, 6) is 1.34. The molecular formula is C30H52O4. The third-order valence-electron chi connectivity index (χ3n) is 12.5. The number of rotatable bonds is 6. The Morgan fingerprint density at radius 2 is 1.56 bits per heavy atom. The minimum atomic E-state index is -1.01. The second kappa shape index (κ2) is 8.85. The number of aliphatic hydroxyl groups is 4. The zero-order valence-corrected chi connectivity index (χ0v) is 22.7. The van der Waals surface area contributed by atoms with Crippen LogP contribution in [-0.2, 0) is 0 Å². The maximum Gasteiger partial charge on any atom is 0.0911 e. The first-order valence-electron chi connectivity index (χ1n) is 14.1. The Balaban J connectivity index is 1.66. The Morgan fingerprint density at radius 1 is 0.882 bits per heavy atom. The van der Waals surface area contributed by atoms with Crippen LogP contribution in [0.4, 0.5) is 0 Å². The van der Waals surface area contributed by atoms with E-state index in [0.717, 1.165) is 57.8 Å². The lowest BCUT2D eigenvalue weighted by Crippen LogP contribution is -2.66. The smallest absolute Gasteiger partial charge is 0.0911 e. The van der Waals surface area contributed by atoms with Crippen molar-refractivity contribution < 1.29 is 20.4 Å². The van der Waals surface area contributed by atoms with E-state index in [1.165, 1.54) is 5.57 Å². The molecule has 4 saturated carbocycles. The number of hydrogen-bond acceptors (Lipinski definition) is 4. The number of allylic oxidation sites excluding steroid dienone is 2. The molecule has 0 aromatic rings. The lowest BCUT2D eigenvalue weighted by molar-refractivity contribution is -0.242. The summed E-state index contributed by atoms with van der Waals surface area (Å²) < 4.78 is 0. The quantitative estimate of drug-likeness (QED) is 0.383. The molecule has 0 aromatic carbocycles. The highest BCUT2D eigenvalue weighted by Gasteiger charge is 2.70. The van der Waals surface area contributed by atoms with Gasteiger partial charge in [-0.2, -0.15) is 0 Å². The lowest BCUT2D eigenvalue weighted by Gasteiger charge is -2.70. The van der Waals surface area contributed by atoms with E-state index in [-0.39, 0.29) is 46.9 Å². The summed E-state index contributed by atoms with van der Waals surface area (Å²) in [6.07, 6.45) is 11.5. The van der Waals surface area contributed by atoms with Crippen molar-refractivity contribution in [1.29, 1.82) is 0 Å². The first-order chi connectivity index (χ1) is 15.8. The molecule has 0 heterocycles. The fourth-order valence-electron chi connectivity index (χ4n) is 10.3. The van der Waals surface area contributed by atoms with Crippen LogP contribution < -0.4 is 0 Å². The minimum Gasteiger partial charge on any atom is -0.396 e. The molecule has 196 valence electrons. The topological polar surface area (TPSA) is 80.9 Å². The Bertz CT molecular complexity index is 787. The van der Waals surface area contributed by atoms with Gasteiger partial charge in [0, 0.05) is 12.0 Å². The van der Waals surface area contributed by atoms with Gasteiger partial charge in [0.2, 0.25) is 0 Å². The molecule has 4 aliphatic rings. The van der Waals surface area contributed by atoms with Crippen LogP contribution in [0.3, 0.4) is 0 Å². The third kappa shape index (κ3) is 3.60. The molecule has 0 aromatic heterocycles. The Hall–Kier alpha value is -0.420. The molecule has 34 heavy (non-hydrogen) atoms. The predicted octanol–water partition coefficient (Wildman–Crippen LogP) is 5.47. The largest absolute Gasteiger partial charge is 0.396 e. The normalized spacial score (nSPS) is 47.2. The molecule has 4 fully saturated rings. The van der Waals surface area contributed by atoms with Crippen LogP contribution in [0.15, 0.2) is 11.6 Å². The maximum atomic E-state index is 11.7. The Morgan fingerprint density at radius 3 is 2.18 bits per heavy atom. The molecule has 4 nitrogen and oxygen atoms in total. The van der Waals surface area contributed by atoms with Crippen molar-refractivity contribution >= 4 is 0 Å². The summed E-state index contributed by atoms with van der Waals surface area (Å²) in [6.45, 7) is 13.7. The molecule has 4 rings (SSSR count). The summed E-state index contributed by atoms with van der Waals surface area (Å²) >= 11 is 0. The summed E-state index contributed by atoms with van der Waals surface area (Å²) in [7, 11) is 0. The highest BCUT2D eigenvalue weighted by atomic mass is 16.3. The van der Waals surface area contributed by atoms with Gasteiger partial charge in [0.05, 0.1) is 18.3 Å². The Labute approximate surface area is 208 Å². The number of aliphatic hydroxyl groups excluding tert-OH is 3. The van der Waals surface area contributed by atoms with Crippen molar-refractivity contribution in [3.05, 3.63) is 11.6 Å². The zero-order chi connectivity index (χ0) is 25.2. The van der Waals surface area contributed by atoms with E-state index >= 15 is 0 Å². The Kier molecular flexibility index (Phi) is 6.94. The van der Waals surface area contributed by atoms with Gasteiger partial charge in [-0.25, -0.2) is 0 Å². The average Bonchev–Trinajstić information content (AvgIpc) is 3.14. The number of hydrogen-bond donors (Lipinski definition) is 4. The molecule has 0 radical (unpaired) electrons. The zero-order valence-electron chi connectivity index (χ0n) is 22.7. The SMILES string of the molecule is CC(C)=CCCC(O)(CO)C1CCC2(C)C1CCC1C3(CO)CCC(O)C(C)(C)C3CCC12C. The van der Waals surface area contributed by atoms with Crippen LogP contribution in [0.2, 0.25) is 0 Å². The van der Waals surface area contributed by atoms with Crippen molar-refractivity contribution in [2.75, 3.05) is 13.2 Å². The van der Waals surface area contributed by atoms with Crippen molar-refractivity contribution in [2.45, 2.75) is 117 Å². The van der Waals surface area contributed by atoms with Gasteiger partial charge in [-0.05, 0) is 118 Å².